The first-order valence-electron chi connectivity index (χ1n) is 12.1. The zero-order valence-electron chi connectivity index (χ0n) is 20.1. The first kappa shape index (κ1) is 21.4. The molecule has 0 spiro atoms. The third-order valence-electron chi connectivity index (χ3n) is 7.26. The van der Waals surface area contributed by atoms with E-state index in [0.717, 1.165) is 22.5 Å². The molecule has 0 aliphatic heterocycles. The minimum atomic E-state index is -0.0656. The van der Waals surface area contributed by atoms with E-state index in [9.17, 15) is 0 Å². The Balaban J connectivity index is 1.47. The highest BCUT2D eigenvalue weighted by Gasteiger charge is 2.35. The summed E-state index contributed by atoms with van der Waals surface area (Å²) in [6.07, 6.45) is 0. The maximum Gasteiger partial charge on any atom is 0.0587 e. The topological polar surface area (TPSA) is 29.3 Å². The molecular formula is C33H28N2. The second kappa shape index (κ2) is 8.26. The molecule has 0 atom stereocenters. The molecule has 0 saturated heterocycles. The van der Waals surface area contributed by atoms with Crippen LogP contribution in [0.4, 0.5) is 11.4 Å². The molecule has 170 valence electrons. The normalized spacial score (nSPS) is 13.2. The molecule has 1 aliphatic rings. The Morgan fingerprint density at radius 1 is 0.486 bits per heavy atom. The van der Waals surface area contributed by atoms with Gasteiger partial charge in [0.2, 0.25) is 0 Å². The second-order valence-corrected chi connectivity index (χ2v) is 9.77. The van der Waals surface area contributed by atoms with Crippen LogP contribution in [0.2, 0.25) is 0 Å². The van der Waals surface area contributed by atoms with Gasteiger partial charge in [-0.15, -0.1) is 0 Å². The lowest BCUT2D eigenvalue weighted by molar-refractivity contribution is 0.660. The SMILES string of the molecule is CC1(C)c2ccccc2-c2ccc(N(N)c3cc(-c4ccccc4)cc(-c4ccccc4)c3)cc21. The molecule has 1 aliphatic carbocycles. The van der Waals surface area contributed by atoms with E-state index in [1.54, 1.807) is 0 Å². The van der Waals surface area contributed by atoms with Gasteiger partial charge in [-0.1, -0.05) is 105 Å². The van der Waals surface area contributed by atoms with Gasteiger partial charge in [0.1, 0.15) is 0 Å². The van der Waals surface area contributed by atoms with Crippen molar-refractivity contribution in [3.63, 3.8) is 0 Å². The van der Waals surface area contributed by atoms with Crippen molar-refractivity contribution >= 4 is 11.4 Å². The van der Waals surface area contributed by atoms with Crippen molar-refractivity contribution < 1.29 is 0 Å². The summed E-state index contributed by atoms with van der Waals surface area (Å²) in [5.74, 6) is 6.83. The van der Waals surface area contributed by atoms with Gasteiger partial charge in [-0.05, 0) is 74.8 Å². The molecule has 0 heterocycles. The Morgan fingerprint density at radius 2 is 1.03 bits per heavy atom. The summed E-state index contributed by atoms with van der Waals surface area (Å²) in [4.78, 5) is 0. The van der Waals surface area contributed by atoms with E-state index in [1.807, 2.05) is 17.1 Å². The molecule has 0 fully saturated rings. The van der Waals surface area contributed by atoms with Crippen molar-refractivity contribution in [2.24, 2.45) is 5.84 Å². The number of benzene rings is 5. The van der Waals surface area contributed by atoms with Crippen LogP contribution in [0, 0.1) is 0 Å². The number of hydrogen-bond acceptors (Lipinski definition) is 2. The number of hydrazine groups is 1. The van der Waals surface area contributed by atoms with Crippen LogP contribution in [0.25, 0.3) is 33.4 Å². The van der Waals surface area contributed by atoms with Crippen LogP contribution in [-0.2, 0) is 5.41 Å². The number of fused-ring (bicyclic) bond motifs is 3. The van der Waals surface area contributed by atoms with Gasteiger partial charge in [0, 0.05) is 5.41 Å². The van der Waals surface area contributed by atoms with Gasteiger partial charge in [0.15, 0.2) is 0 Å². The lowest BCUT2D eigenvalue weighted by Crippen LogP contribution is -2.25. The molecule has 2 heteroatoms. The zero-order valence-corrected chi connectivity index (χ0v) is 20.1. The minimum Gasteiger partial charge on any atom is -0.280 e. The Hall–Kier alpha value is -4.14. The van der Waals surface area contributed by atoms with Gasteiger partial charge < -0.3 is 0 Å². The Morgan fingerprint density at radius 3 is 1.66 bits per heavy atom. The predicted octanol–water partition coefficient (Wildman–Crippen LogP) is 8.34. The van der Waals surface area contributed by atoms with Crippen LogP contribution in [0.1, 0.15) is 25.0 Å². The highest BCUT2D eigenvalue weighted by atomic mass is 15.4. The van der Waals surface area contributed by atoms with Crippen molar-refractivity contribution in [3.8, 4) is 33.4 Å². The molecule has 2 N–H and O–H groups in total. The third-order valence-corrected chi connectivity index (χ3v) is 7.26. The van der Waals surface area contributed by atoms with Crippen LogP contribution < -0.4 is 10.9 Å². The first-order valence-corrected chi connectivity index (χ1v) is 12.1. The summed E-state index contributed by atoms with van der Waals surface area (Å²) in [7, 11) is 0. The van der Waals surface area contributed by atoms with Crippen molar-refractivity contribution in [1.29, 1.82) is 0 Å². The van der Waals surface area contributed by atoms with Crippen LogP contribution in [0.15, 0.2) is 121 Å². The van der Waals surface area contributed by atoms with Gasteiger partial charge in [0.25, 0.3) is 0 Å². The fourth-order valence-electron chi connectivity index (χ4n) is 5.34. The van der Waals surface area contributed by atoms with Crippen LogP contribution in [0.3, 0.4) is 0 Å². The maximum absolute atomic E-state index is 6.83. The van der Waals surface area contributed by atoms with E-state index >= 15 is 0 Å². The smallest absolute Gasteiger partial charge is 0.0587 e. The third kappa shape index (κ3) is 3.63. The van der Waals surface area contributed by atoms with Gasteiger partial charge in [-0.3, -0.25) is 5.01 Å². The standard InChI is InChI=1S/C33H28N2/c1-33(2)31-16-10-9-15-29(31)30-18-17-27(22-32(30)33)35(34)28-20-25(23-11-5-3-6-12-23)19-26(21-28)24-13-7-4-8-14-24/h3-22H,34H2,1-2H3. The summed E-state index contributed by atoms with van der Waals surface area (Å²) in [6.45, 7) is 4.59. The molecule has 35 heavy (non-hydrogen) atoms. The van der Waals surface area contributed by atoms with Crippen molar-refractivity contribution in [1.82, 2.24) is 0 Å². The lowest BCUT2D eigenvalue weighted by atomic mass is 9.82. The Kier molecular flexibility index (Phi) is 5.05. The molecule has 0 radical (unpaired) electrons. The molecule has 0 amide bonds. The van der Waals surface area contributed by atoms with E-state index in [1.165, 1.54) is 33.4 Å². The van der Waals surface area contributed by atoms with E-state index in [2.05, 4.69) is 123 Å². The highest BCUT2D eigenvalue weighted by Crippen LogP contribution is 2.49. The summed E-state index contributed by atoms with van der Waals surface area (Å²) >= 11 is 0. The second-order valence-electron chi connectivity index (χ2n) is 9.77. The first-order chi connectivity index (χ1) is 17.0. The van der Waals surface area contributed by atoms with E-state index in [0.29, 0.717) is 0 Å². The Labute approximate surface area is 207 Å². The molecule has 2 nitrogen and oxygen atoms in total. The summed E-state index contributed by atoms with van der Waals surface area (Å²) in [5, 5.41) is 1.82. The molecule has 0 bridgehead atoms. The van der Waals surface area contributed by atoms with Crippen molar-refractivity contribution in [3.05, 3.63) is 132 Å². The fraction of sp³-hybridized carbons (Fsp3) is 0.0909. The number of anilines is 2. The average Bonchev–Trinajstić information content (AvgIpc) is 3.15. The molecule has 0 aromatic heterocycles. The van der Waals surface area contributed by atoms with E-state index in [-0.39, 0.29) is 5.41 Å². The number of nitrogens with zero attached hydrogens (tertiary/aromatic N) is 1. The Bertz CT molecular complexity index is 1460. The van der Waals surface area contributed by atoms with Gasteiger partial charge in [0.05, 0.1) is 11.4 Å². The van der Waals surface area contributed by atoms with Crippen molar-refractivity contribution in [2.45, 2.75) is 19.3 Å². The minimum absolute atomic E-state index is 0.0656. The number of nitrogens with two attached hydrogens (primary N) is 1. The summed E-state index contributed by atoms with van der Waals surface area (Å²) in [5.41, 5.74) is 11.8. The van der Waals surface area contributed by atoms with Crippen LogP contribution in [0.5, 0.6) is 0 Å². The predicted molar refractivity (Wildman–Crippen MR) is 148 cm³/mol. The van der Waals surface area contributed by atoms with Gasteiger partial charge in [-0.2, -0.15) is 0 Å². The largest absolute Gasteiger partial charge is 0.280 e. The number of hydrogen-bond donors (Lipinski definition) is 1. The summed E-state index contributed by atoms with van der Waals surface area (Å²) < 4.78 is 0. The molecule has 6 rings (SSSR count). The van der Waals surface area contributed by atoms with Crippen LogP contribution >= 0.6 is 0 Å². The lowest BCUT2D eigenvalue weighted by Gasteiger charge is -2.25. The molecular weight excluding hydrogens is 424 g/mol. The highest BCUT2D eigenvalue weighted by molar-refractivity contribution is 5.84. The van der Waals surface area contributed by atoms with Gasteiger partial charge in [-0.25, -0.2) is 5.84 Å². The van der Waals surface area contributed by atoms with Crippen LogP contribution in [-0.4, -0.2) is 0 Å². The molecule has 5 aromatic carbocycles. The number of rotatable bonds is 4. The monoisotopic (exact) mass is 452 g/mol. The molecule has 5 aromatic rings. The van der Waals surface area contributed by atoms with Gasteiger partial charge >= 0.3 is 0 Å². The van der Waals surface area contributed by atoms with E-state index < -0.39 is 0 Å². The zero-order chi connectivity index (χ0) is 24.0. The van der Waals surface area contributed by atoms with Crippen molar-refractivity contribution in [2.75, 3.05) is 5.01 Å². The molecule has 0 unspecified atom stereocenters. The molecule has 0 saturated carbocycles. The quantitative estimate of drug-likeness (QED) is 0.219. The van der Waals surface area contributed by atoms with E-state index in [4.69, 9.17) is 5.84 Å². The summed E-state index contributed by atoms with van der Waals surface area (Å²) in [6, 6.07) is 42.9. The fourth-order valence-corrected chi connectivity index (χ4v) is 5.34. The maximum atomic E-state index is 6.83. The average molecular weight is 453 g/mol.